The van der Waals surface area contributed by atoms with E-state index >= 15 is 0 Å². The van der Waals surface area contributed by atoms with Gasteiger partial charge in [0.15, 0.2) is 0 Å². The second kappa shape index (κ2) is 7.44. The lowest BCUT2D eigenvalue weighted by Crippen LogP contribution is -2.32. The Kier molecular flexibility index (Phi) is 5.92. The summed E-state index contributed by atoms with van der Waals surface area (Å²) in [6, 6.07) is 4.32. The lowest BCUT2D eigenvalue weighted by molar-refractivity contribution is -0.385. The maximum Gasteiger partial charge on any atom is 0.282 e. The van der Waals surface area contributed by atoms with Crippen molar-refractivity contribution < 1.29 is 14.5 Å². The van der Waals surface area contributed by atoms with Crippen molar-refractivity contribution in [2.45, 2.75) is 20.0 Å². The van der Waals surface area contributed by atoms with Crippen LogP contribution < -0.4 is 10.6 Å². The van der Waals surface area contributed by atoms with Gasteiger partial charge in [-0.2, -0.15) is 0 Å². The fourth-order valence-corrected chi connectivity index (χ4v) is 1.71. The van der Waals surface area contributed by atoms with Crippen LogP contribution in [0.1, 0.15) is 24.2 Å². The van der Waals surface area contributed by atoms with E-state index in [-0.39, 0.29) is 17.4 Å². The zero-order valence-electron chi connectivity index (χ0n) is 11.8. The van der Waals surface area contributed by atoms with E-state index in [1.165, 1.54) is 12.1 Å². The summed E-state index contributed by atoms with van der Waals surface area (Å²) in [4.78, 5) is 22.4. The van der Waals surface area contributed by atoms with Crippen molar-refractivity contribution in [1.82, 2.24) is 5.32 Å². The Morgan fingerprint density at radius 2 is 2.20 bits per heavy atom. The quantitative estimate of drug-likeness (QED) is 0.587. The number of hydrogen-bond donors (Lipinski definition) is 2. The largest absolute Gasteiger partial charge is 0.388 e. The number of nitro groups is 1. The third-order valence-corrected chi connectivity index (χ3v) is 2.73. The van der Waals surface area contributed by atoms with Crippen molar-refractivity contribution in [3.8, 4) is 0 Å². The smallest absolute Gasteiger partial charge is 0.282 e. The van der Waals surface area contributed by atoms with Crippen molar-refractivity contribution in [1.29, 1.82) is 0 Å². The first-order chi connectivity index (χ1) is 9.49. The maximum absolute atomic E-state index is 12.0. The fraction of sp³-hybridized carbons (Fsp3) is 0.462. The number of nitrogens with zero attached hydrogens (tertiary/aromatic N) is 1. The van der Waals surface area contributed by atoms with Gasteiger partial charge in [0.05, 0.1) is 11.0 Å². The van der Waals surface area contributed by atoms with Crippen LogP contribution in [0.3, 0.4) is 0 Å². The molecule has 1 rings (SSSR count). The minimum Gasteiger partial charge on any atom is -0.388 e. The standard InChI is InChI=1S/C13H19N3O4/c1-4-20-9(2)8-15-13(17)11-7-10(14-3)5-6-12(11)16(18)19/h5-7,9,14H,4,8H2,1-3H3,(H,15,17). The monoisotopic (exact) mass is 281 g/mol. The van der Waals surface area contributed by atoms with Crippen LogP contribution in [0.15, 0.2) is 18.2 Å². The molecule has 0 aliphatic carbocycles. The Balaban J connectivity index is 2.87. The minimum absolute atomic E-state index is 0.0329. The summed E-state index contributed by atoms with van der Waals surface area (Å²) in [7, 11) is 1.68. The van der Waals surface area contributed by atoms with Crippen LogP contribution in [0.2, 0.25) is 0 Å². The number of nitro benzene ring substituents is 1. The molecule has 0 bridgehead atoms. The fourth-order valence-electron chi connectivity index (χ4n) is 1.71. The Morgan fingerprint density at radius 1 is 1.50 bits per heavy atom. The number of benzene rings is 1. The summed E-state index contributed by atoms with van der Waals surface area (Å²) in [5, 5.41) is 16.4. The molecule has 7 nitrogen and oxygen atoms in total. The van der Waals surface area contributed by atoms with Crippen LogP contribution in [-0.4, -0.2) is 37.1 Å². The molecule has 0 fully saturated rings. The molecule has 0 aliphatic heterocycles. The molecule has 110 valence electrons. The van der Waals surface area contributed by atoms with Gasteiger partial charge in [0, 0.05) is 32.0 Å². The van der Waals surface area contributed by atoms with Crippen LogP contribution >= 0.6 is 0 Å². The Bertz CT molecular complexity index is 491. The molecular weight excluding hydrogens is 262 g/mol. The second-order valence-corrected chi connectivity index (χ2v) is 4.22. The normalized spacial score (nSPS) is 11.8. The number of anilines is 1. The van der Waals surface area contributed by atoms with Crippen molar-refractivity contribution in [3.05, 3.63) is 33.9 Å². The number of amides is 1. The molecule has 1 atom stereocenters. The molecule has 0 aromatic heterocycles. The van der Waals surface area contributed by atoms with Crippen LogP contribution in [0, 0.1) is 10.1 Å². The predicted octanol–water partition coefficient (Wildman–Crippen LogP) is 1.79. The second-order valence-electron chi connectivity index (χ2n) is 4.22. The maximum atomic E-state index is 12.0. The highest BCUT2D eigenvalue weighted by Crippen LogP contribution is 2.22. The van der Waals surface area contributed by atoms with E-state index < -0.39 is 10.8 Å². The molecule has 0 aliphatic rings. The number of nitrogens with one attached hydrogen (secondary N) is 2. The Morgan fingerprint density at radius 3 is 2.75 bits per heavy atom. The molecule has 0 saturated heterocycles. The molecular formula is C13H19N3O4. The summed E-state index contributed by atoms with van der Waals surface area (Å²) in [5.41, 5.74) is 0.453. The van der Waals surface area contributed by atoms with E-state index in [2.05, 4.69) is 10.6 Å². The van der Waals surface area contributed by atoms with Gasteiger partial charge in [0.2, 0.25) is 0 Å². The molecule has 7 heteroatoms. The van der Waals surface area contributed by atoms with Crippen LogP contribution in [0.25, 0.3) is 0 Å². The summed E-state index contributed by atoms with van der Waals surface area (Å²) in [5.74, 6) is -0.486. The molecule has 1 unspecified atom stereocenters. The number of carbonyl (C=O) groups excluding carboxylic acids is 1. The minimum atomic E-state index is -0.569. The van der Waals surface area contributed by atoms with E-state index in [0.717, 1.165) is 0 Å². The highest BCUT2D eigenvalue weighted by Gasteiger charge is 2.20. The van der Waals surface area contributed by atoms with E-state index in [1.54, 1.807) is 13.1 Å². The van der Waals surface area contributed by atoms with E-state index in [9.17, 15) is 14.9 Å². The third kappa shape index (κ3) is 4.20. The van der Waals surface area contributed by atoms with Crippen molar-refractivity contribution >= 4 is 17.3 Å². The average Bonchev–Trinajstić information content (AvgIpc) is 2.44. The molecule has 1 aromatic carbocycles. The summed E-state index contributed by atoms with van der Waals surface area (Å²) < 4.78 is 5.29. The number of ether oxygens (including phenoxy) is 1. The van der Waals surface area contributed by atoms with E-state index in [4.69, 9.17) is 4.74 Å². The summed E-state index contributed by atoms with van der Waals surface area (Å²) in [6.07, 6.45) is -0.143. The van der Waals surface area contributed by atoms with Crippen LogP contribution in [0.5, 0.6) is 0 Å². The lowest BCUT2D eigenvalue weighted by Gasteiger charge is -2.13. The molecule has 2 N–H and O–H groups in total. The van der Waals surface area contributed by atoms with Gasteiger partial charge in [-0.15, -0.1) is 0 Å². The first-order valence-corrected chi connectivity index (χ1v) is 6.35. The summed E-state index contributed by atoms with van der Waals surface area (Å²) >= 11 is 0. The Hall–Kier alpha value is -2.15. The third-order valence-electron chi connectivity index (χ3n) is 2.73. The average molecular weight is 281 g/mol. The van der Waals surface area contributed by atoms with Crippen LogP contribution in [0.4, 0.5) is 11.4 Å². The molecule has 1 amide bonds. The molecule has 0 radical (unpaired) electrons. The van der Waals surface area contributed by atoms with Gasteiger partial charge < -0.3 is 15.4 Å². The summed E-state index contributed by atoms with van der Waals surface area (Å²) in [6.45, 7) is 4.53. The van der Waals surface area contributed by atoms with Crippen molar-refractivity contribution in [2.24, 2.45) is 0 Å². The van der Waals surface area contributed by atoms with Gasteiger partial charge >= 0.3 is 0 Å². The van der Waals surface area contributed by atoms with Gasteiger partial charge in [0.1, 0.15) is 5.56 Å². The SMILES string of the molecule is CCOC(C)CNC(=O)c1cc(NC)ccc1[N+](=O)[O-]. The van der Waals surface area contributed by atoms with Crippen molar-refractivity contribution in [3.63, 3.8) is 0 Å². The van der Waals surface area contributed by atoms with E-state index in [0.29, 0.717) is 18.8 Å². The predicted molar refractivity (Wildman–Crippen MR) is 76.1 cm³/mol. The van der Waals surface area contributed by atoms with Gasteiger partial charge in [0.25, 0.3) is 11.6 Å². The zero-order valence-corrected chi connectivity index (χ0v) is 11.8. The molecule has 20 heavy (non-hydrogen) atoms. The van der Waals surface area contributed by atoms with Crippen LogP contribution in [-0.2, 0) is 4.74 Å². The Labute approximate surface area is 117 Å². The number of rotatable bonds is 7. The molecule has 1 aromatic rings. The topological polar surface area (TPSA) is 93.5 Å². The van der Waals surface area contributed by atoms with Gasteiger partial charge in [-0.05, 0) is 26.0 Å². The number of carbonyl (C=O) groups is 1. The highest BCUT2D eigenvalue weighted by atomic mass is 16.6. The molecule has 0 spiro atoms. The van der Waals surface area contributed by atoms with Gasteiger partial charge in [-0.25, -0.2) is 0 Å². The number of hydrogen-bond acceptors (Lipinski definition) is 5. The van der Waals surface area contributed by atoms with Gasteiger partial charge in [-0.3, -0.25) is 14.9 Å². The lowest BCUT2D eigenvalue weighted by atomic mass is 10.1. The zero-order chi connectivity index (χ0) is 15.1. The van der Waals surface area contributed by atoms with Gasteiger partial charge in [-0.1, -0.05) is 0 Å². The van der Waals surface area contributed by atoms with E-state index in [1.807, 2.05) is 13.8 Å². The van der Waals surface area contributed by atoms with Crippen molar-refractivity contribution in [2.75, 3.05) is 25.5 Å². The molecule has 0 heterocycles. The first kappa shape index (κ1) is 15.9. The highest BCUT2D eigenvalue weighted by molar-refractivity contribution is 5.99. The first-order valence-electron chi connectivity index (χ1n) is 6.35. The molecule has 0 saturated carbocycles.